The van der Waals surface area contributed by atoms with E-state index in [1.807, 2.05) is 12.1 Å². The fourth-order valence-electron chi connectivity index (χ4n) is 5.17. The molecule has 2 aliphatic heterocycles. The molecule has 0 bridgehead atoms. The van der Waals surface area contributed by atoms with Gasteiger partial charge in [0, 0.05) is 44.7 Å². The van der Waals surface area contributed by atoms with E-state index >= 15 is 0 Å². The highest BCUT2D eigenvalue weighted by atomic mass is 19.4. The van der Waals surface area contributed by atoms with E-state index in [1.54, 1.807) is 24.5 Å². The number of anilines is 1. The third-order valence-corrected chi connectivity index (χ3v) is 7.02. The van der Waals surface area contributed by atoms with E-state index < -0.39 is 11.7 Å². The van der Waals surface area contributed by atoms with Crippen LogP contribution in [0.1, 0.15) is 51.0 Å². The van der Waals surface area contributed by atoms with Crippen LogP contribution in [-0.2, 0) is 30.4 Å². The summed E-state index contributed by atoms with van der Waals surface area (Å²) in [5.41, 5.74) is 3.83. The molecule has 0 aliphatic carbocycles. The molecular formula is C28H29F3N4O2. The maximum Gasteiger partial charge on any atom is 0.416 e. The molecule has 194 valence electrons. The van der Waals surface area contributed by atoms with Gasteiger partial charge < -0.3 is 9.64 Å². The fraction of sp³-hybridized carbons (Fsp3) is 0.393. The lowest BCUT2D eigenvalue weighted by molar-refractivity contribution is -0.137. The maximum atomic E-state index is 13.7. The van der Waals surface area contributed by atoms with Gasteiger partial charge in [0.05, 0.1) is 36.9 Å². The Kier molecular flexibility index (Phi) is 7.26. The summed E-state index contributed by atoms with van der Waals surface area (Å²) in [6, 6.07) is 9.65. The molecule has 2 aliphatic rings. The van der Waals surface area contributed by atoms with Crippen LogP contribution in [0.25, 0.3) is 0 Å². The zero-order chi connectivity index (χ0) is 26.0. The molecule has 0 radical (unpaired) electrons. The lowest BCUT2D eigenvalue weighted by Crippen LogP contribution is -2.35. The molecule has 3 heterocycles. The van der Waals surface area contributed by atoms with Gasteiger partial charge in [0.15, 0.2) is 5.78 Å². The molecule has 1 atom stereocenters. The molecule has 6 nitrogen and oxygen atoms in total. The minimum Gasteiger partial charge on any atom is -0.379 e. The summed E-state index contributed by atoms with van der Waals surface area (Å²) < 4.78 is 46.3. The average Bonchev–Trinajstić information content (AvgIpc) is 2.89. The van der Waals surface area contributed by atoms with Crippen LogP contribution < -0.4 is 4.90 Å². The van der Waals surface area contributed by atoms with Gasteiger partial charge in [-0.05, 0) is 46.4 Å². The zero-order valence-corrected chi connectivity index (χ0v) is 20.7. The first kappa shape index (κ1) is 25.4. The van der Waals surface area contributed by atoms with E-state index in [0.717, 1.165) is 23.9 Å². The van der Waals surface area contributed by atoms with Crippen LogP contribution >= 0.6 is 0 Å². The fourth-order valence-corrected chi connectivity index (χ4v) is 5.17. The molecule has 3 aromatic rings. The van der Waals surface area contributed by atoms with Gasteiger partial charge in [0.1, 0.15) is 6.33 Å². The van der Waals surface area contributed by atoms with Crippen molar-refractivity contribution in [3.05, 3.63) is 88.5 Å². The summed E-state index contributed by atoms with van der Waals surface area (Å²) in [5.74, 6) is 0.0478. The number of rotatable bonds is 6. The Labute approximate surface area is 214 Å². The van der Waals surface area contributed by atoms with E-state index in [0.29, 0.717) is 56.1 Å². The average molecular weight is 511 g/mol. The number of benzene rings is 2. The molecule has 1 aromatic heterocycles. The molecule has 9 heteroatoms. The van der Waals surface area contributed by atoms with Gasteiger partial charge in [-0.1, -0.05) is 25.1 Å². The van der Waals surface area contributed by atoms with Crippen molar-refractivity contribution in [2.75, 3.05) is 37.7 Å². The monoisotopic (exact) mass is 510 g/mol. The van der Waals surface area contributed by atoms with Gasteiger partial charge in [-0.3, -0.25) is 9.69 Å². The van der Waals surface area contributed by atoms with Gasteiger partial charge in [0.2, 0.25) is 0 Å². The van der Waals surface area contributed by atoms with Crippen molar-refractivity contribution in [1.29, 1.82) is 0 Å². The van der Waals surface area contributed by atoms with Crippen molar-refractivity contribution in [2.45, 2.75) is 38.5 Å². The molecule has 37 heavy (non-hydrogen) atoms. The second-order valence-electron chi connectivity index (χ2n) is 9.82. The Bertz CT molecular complexity index is 1260. The summed E-state index contributed by atoms with van der Waals surface area (Å²) in [6.45, 7) is 6.42. The molecule has 0 spiro atoms. The van der Waals surface area contributed by atoms with Crippen LogP contribution in [0.2, 0.25) is 0 Å². The highest BCUT2D eigenvalue weighted by molar-refractivity contribution is 5.97. The topological polar surface area (TPSA) is 58.6 Å². The SMILES string of the molecule is CC1CN(c2cncnc2)Cc2cc(C(=O)Cc3cc(CN4CCOCC4)cc(C(F)(F)F)c3)ccc21. The van der Waals surface area contributed by atoms with Crippen LogP contribution in [0.5, 0.6) is 0 Å². The number of fused-ring (bicyclic) bond motifs is 1. The summed E-state index contributed by atoms with van der Waals surface area (Å²) in [7, 11) is 0. The number of ketones is 1. The minimum atomic E-state index is -4.48. The van der Waals surface area contributed by atoms with E-state index in [1.165, 1.54) is 18.0 Å². The molecule has 1 fully saturated rings. The first-order valence-corrected chi connectivity index (χ1v) is 12.4. The van der Waals surface area contributed by atoms with Crippen molar-refractivity contribution in [3.63, 3.8) is 0 Å². The number of hydrogen-bond donors (Lipinski definition) is 0. The van der Waals surface area contributed by atoms with Gasteiger partial charge in [-0.25, -0.2) is 9.97 Å². The summed E-state index contributed by atoms with van der Waals surface area (Å²) in [6.07, 6.45) is 0.446. The molecule has 5 rings (SSSR count). The number of ether oxygens (including phenoxy) is 1. The first-order chi connectivity index (χ1) is 17.8. The van der Waals surface area contributed by atoms with E-state index in [4.69, 9.17) is 4.74 Å². The number of Topliss-reactive ketones (excluding diaryl/α,β-unsaturated/α-hetero) is 1. The van der Waals surface area contributed by atoms with Crippen molar-refractivity contribution in [2.24, 2.45) is 0 Å². The number of carbonyl (C=O) groups excluding carboxylic acids is 1. The first-order valence-electron chi connectivity index (χ1n) is 12.4. The summed E-state index contributed by atoms with van der Waals surface area (Å²) >= 11 is 0. The molecule has 1 unspecified atom stereocenters. The highest BCUT2D eigenvalue weighted by Gasteiger charge is 2.32. The third kappa shape index (κ3) is 5.99. The van der Waals surface area contributed by atoms with Crippen LogP contribution in [0.4, 0.5) is 18.9 Å². The van der Waals surface area contributed by atoms with E-state index in [-0.39, 0.29) is 18.1 Å². The maximum absolute atomic E-state index is 13.7. The van der Waals surface area contributed by atoms with Crippen molar-refractivity contribution in [3.8, 4) is 0 Å². The van der Waals surface area contributed by atoms with Crippen LogP contribution in [0.15, 0.2) is 55.1 Å². The van der Waals surface area contributed by atoms with Crippen LogP contribution in [-0.4, -0.2) is 53.5 Å². The number of alkyl halides is 3. The Morgan fingerprint density at radius 2 is 1.78 bits per heavy atom. The minimum absolute atomic E-state index is 0.0926. The standard InChI is InChI=1S/C28H29F3N4O2/c1-19-15-35(25-13-32-18-33-14-25)17-23-12-22(2-3-26(19)23)27(36)11-20-8-21(10-24(9-20)28(29,30)31)16-34-4-6-37-7-5-34/h2-3,8-10,12-14,18-19H,4-7,11,15-17H2,1H3. The molecule has 0 amide bonds. The van der Waals surface area contributed by atoms with E-state index in [9.17, 15) is 18.0 Å². The lowest BCUT2D eigenvalue weighted by Gasteiger charge is -2.34. The Morgan fingerprint density at radius 3 is 2.51 bits per heavy atom. The molecule has 0 saturated carbocycles. The quantitative estimate of drug-likeness (QED) is 0.441. The predicted octanol–water partition coefficient (Wildman–Crippen LogP) is 4.88. The third-order valence-electron chi connectivity index (χ3n) is 7.02. The van der Waals surface area contributed by atoms with Crippen LogP contribution in [0, 0.1) is 0 Å². The number of carbonyl (C=O) groups is 1. The second kappa shape index (κ2) is 10.6. The van der Waals surface area contributed by atoms with Gasteiger partial charge in [0.25, 0.3) is 0 Å². The Balaban J connectivity index is 1.37. The lowest BCUT2D eigenvalue weighted by atomic mass is 9.88. The number of aromatic nitrogens is 2. The highest BCUT2D eigenvalue weighted by Crippen LogP contribution is 2.33. The number of morpholine rings is 1. The number of nitrogens with zero attached hydrogens (tertiary/aromatic N) is 4. The van der Waals surface area contributed by atoms with Gasteiger partial charge in [-0.15, -0.1) is 0 Å². The van der Waals surface area contributed by atoms with Crippen LogP contribution in [0.3, 0.4) is 0 Å². The molecule has 0 N–H and O–H groups in total. The predicted molar refractivity (Wildman–Crippen MR) is 134 cm³/mol. The van der Waals surface area contributed by atoms with Gasteiger partial charge >= 0.3 is 6.18 Å². The summed E-state index contributed by atoms with van der Waals surface area (Å²) in [4.78, 5) is 25.7. The largest absolute Gasteiger partial charge is 0.416 e. The van der Waals surface area contributed by atoms with E-state index in [2.05, 4.69) is 26.7 Å². The van der Waals surface area contributed by atoms with Crippen molar-refractivity contribution < 1.29 is 22.7 Å². The van der Waals surface area contributed by atoms with Crippen molar-refractivity contribution >= 4 is 11.5 Å². The number of halogens is 3. The second-order valence-corrected chi connectivity index (χ2v) is 9.82. The molecule has 1 saturated heterocycles. The molecular weight excluding hydrogens is 481 g/mol. The Morgan fingerprint density at radius 1 is 1.05 bits per heavy atom. The zero-order valence-electron chi connectivity index (χ0n) is 20.7. The summed E-state index contributed by atoms with van der Waals surface area (Å²) in [5, 5.41) is 0. The number of hydrogen-bond acceptors (Lipinski definition) is 6. The molecule has 2 aromatic carbocycles. The normalized spacial score (nSPS) is 18.5. The van der Waals surface area contributed by atoms with Gasteiger partial charge in [-0.2, -0.15) is 13.2 Å². The smallest absolute Gasteiger partial charge is 0.379 e. The van der Waals surface area contributed by atoms with Crippen molar-refractivity contribution in [1.82, 2.24) is 14.9 Å². The Hall–Kier alpha value is -3.30.